The summed E-state index contributed by atoms with van der Waals surface area (Å²) in [6, 6.07) is 7.88. The zero-order valence-corrected chi connectivity index (χ0v) is 14.8. The van der Waals surface area contributed by atoms with Crippen molar-refractivity contribution in [1.82, 2.24) is 5.43 Å². The molecule has 2 rings (SSSR count). The van der Waals surface area contributed by atoms with E-state index in [4.69, 9.17) is 16.3 Å². The minimum atomic E-state index is -0.769. The van der Waals surface area contributed by atoms with E-state index in [0.29, 0.717) is 5.75 Å². The summed E-state index contributed by atoms with van der Waals surface area (Å²) in [6.07, 6.45) is 1.06. The van der Waals surface area contributed by atoms with Gasteiger partial charge in [0.1, 0.15) is 5.75 Å². The first-order valence-electron chi connectivity index (χ1n) is 7.46. The largest absolute Gasteiger partial charge is 0.502 e. The predicted molar refractivity (Wildman–Crippen MR) is 96.9 cm³/mol. The number of benzene rings is 2. The molecule has 0 aliphatic carbocycles. The van der Waals surface area contributed by atoms with Gasteiger partial charge in [-0.2, -0.15) is 5.10 Å². The van der Waals surface area contributed by atoms with E-state index >= 15 is 0 Å². The first-order valence-corrected chi connectivity index (χ1v) is 7.84. The van der Waals surface area contributed by atoms with Crippen LogP contribution < -0.4 is 10.2 Å². The molecule has 0 aliphatic heterocycles. The first kappa shape index (κ1) is 19.2. The number of aryl methyl sites for hydroxylation is 2. The fourth-order valence-electron chi connectivity index (χ4n) is 2.21. The lowest BCUT2D eigenvalue weighted by atomic mass is 10.1. The molecule has 1 amide bonds. The van der Waals surface area contributed by atoms with Gasteiger partial charge >= 0.3 is 5.69 Å². The van der Waals surface area contributed by atoms with Gasteiger partial charge in [-0.15, -0.1) is 0 Å². The number of phenols is 1. The zero-order chi connectivity index (χ0) is 19.3. The van der Waals surface area contributed by atoms with Crippen LogP contribution in [0.25, 0.3) is 0 Å². The lowest BCUT2D eigenvalue weighted by Gasteiger charge is -2.07. The molecule has 2 aromatic carbocycles. The number of hydrazone groups is 1. The van der Waals surface area contributed by atoms with Crippen LogP contribution in [0.15, 0.2) is 35.4 Å². The Labute approximate surface area is 154 Å². The van der Waals surface area contributed by atoms with E-state index in [-0.39, 0.29) is 17.2 Å². The third kappa shape index (κ3) is 5.18. The van der Waals surface area contributed by atoms with Crippen LogP contribution in [0.1, 0.15) is 16.7 Å². The SMILES string of the molecule is Cc1cc(C)cc(OCC(=O)N/N=C\c2cc(Cl)cc([N+](=O)[O-])c2O)c1. The summed E-state index contributed by atoms with van der Waals surface area (Å²) in [5.74, 6) is -0.565. The van der Waals surface area contributed by atoms with Crippen molar-refractivity contribution >= 4 is 29.4 Å². The molecule has 0 spiro atoms. The number of nitro benzene ring substituents is 1. The molecule has 0 aliphatic rings. The van der Waals surface area contributed by atoms with Crippen molar-refractivity contribution in [3.05, 3.63) is 62.2 Å². The second-order valence-corrected chi connectivity index (χ2v) is 5.96. The minimum Gasteiger partial charge on any atom is -0.502 e. The minimum absolute atomic E-state index is 0.000252. The van der Waals surface area contributed by atoms with Crippen LogP contribution in [0.4, 0.5) is 5.69 Å². The van der Waals surface area contributed by atoms with E-state index in [2.05, 4.69) is 10.5 Å². The molecule has 0 aromatic heterocycles. The molecule has 0 saturated carbocycles. The number of rotatable bonds is 6. The Kier molecular flexibility index (Phi) is 6.13. The van der Waals surface area contributed by atoms with Crippen molar-refractivity contribution in [2.24, 2.45) is 5.10 Å². The van der Waals surface area contributed by atoms with E-state index in [1.54, 1.807) is 12.1 Å². The first-order chi connectivity index (χ1) is 12.3. The van der Waals surface area contributed by atoms with Gasteiger partial charge in [0.05, 0.1) is 11.1 Å². The molecule has 0 atom stereocenters. The molecule has 8 nitrogen and oxygen atoms in total. The smallest absolute Gasteiger partial charge is 0.312 e. The third-order valence-corrected chi connectivity index (χ3v) is 3.46. The maximum atomic E-state index is 11.8. The average Bonchev–Trinajstić information content (AvgIpc) is 2.54. The number of nitrogens with one attached hydrogen (secondary N) is 1. The molecule has 0 radical (unpaired) electrons. The second-order valence-electron chi connectivity index (χ2n) is 5.53. The number of amides is 1. The number of carbonyl (C=O) groups is 1. The van der Waals surface area contributed by atoms with Crippen LogP contribution in [0.3, 0.4) is 0 Å². The number of nitro groups is 1. The average molecular weight is 378 g/mol. The molecule has 0 fully saturated rings. The quantitative estimate of drug-likeness (QED) is 0.456. The third-order valence-electron chi connectivity index (χ3n) is 3.24. The zero-order valence-electron chi connectivity index (χ0n) is 14.0. The van der Waals surface area contributed by atoms with Crippen LogP contribution >= 0.6 is 11.6 Å². The number of carbonyl (C=O) groups excluding carboxylic acids is 1. The van der Waals surface area contributed by atoms with Gasteiger partial charge in [0.2, 0.25) is 5.75 Å². The number of hydrogen-bond donors (Lipinski definition) is 2. The highest BCUT2D eigenvalue weighted by Crippen LogP contribution is 2.32. The van der Waals surface area contributed by atoms with E-state index in [1.165, 1.54) is 6.07 Å². The number of aromatic hydroxyl groups is 1. The molecule has 9 heteroatoms. The summed E-state index contributed by atoms with van der Waals surface area (Å²) in [5, 5.41) is 24.4. The lowest BCUT2D eigenvalue weighted by Crippen LogP contribution is -2.24. The van der Waals surface area contributed by atoms with Gasteiger partial charge < -0.3 is 9.84 Å². The maximum Gasteiger partial charge on any atom is 0.312 e. The van der Waals surface area contributed by atoms with Gasteiger partial charge in [0, 0.05) is 16.7 Å². The van der Waals surface area contributed by atoms with Gasteiger partial charge in [0.25, 0.3) is 5.91 Å². The Morgan fingerprint density at radius 2 is 1.96 bits per heavy atom. The summed E-state index contributed by atoms with van der Waals surface area (Å²) in [7, 11) is 0. The number of phenolic OH excluding ortho intramolecular Hbond substituents is 1. The normalized spacial score (nSPS) is 10.7. The second kappa shape index (κ2) is 8.30. The van der Waals surface area contributed by atoms with Crippen molar-refractivity contribution in [3.63, 3.8) is 0 Å². The highest BCUT2D eigenvalue weighted by atomic mass is 35.5. The molecule has 2 aromatic rings. The molecular formula is C17H16ClN3O5. The lowest BCUT2D eigenvalue weighted by molar-refractivity contribution is -0.385. The Morgan fingerprint density at radius 3 is 2.58 bits per heavy atom. The summed E-state index contributed by atoms with van der Waals surface area (Å²) in [6.45, 7) is 3.57. The van der Waals surface area contributed by atoms with Crippen molar-refractivity contribution in [3.8, 4) is 11.5 Å². The maximum absolute atomic E-state index is 11.8. The van der Waals surface area contributed by atoms with Crippen molar-refractivity contribution in [2.75, 3.05) is 6.61 Å². The molecule has 0 heterocycles. The summed E-state index contributed by atoms with van der Waals surface area (Å²) >= 11 is 5.77. The van der Waals surface area contributed by atoms with Crippen LogP contribution in [-0.4, -0.2) is 28.8 Å². The van der Waals surface area contributed by atoms with Crippen LogP contribution in [0.5, 0.6) is 11.5 Å². The summed E-state index contributed by atoms with van der Waals surface area (Å²) < 4.78 is 5.38. The number of halogens is 1. The van der Waals surface area contributed by atoms with E-state index in [9.17, 15) is 20.0 Å². The number of nitrogens with zero attached hydrogens (tertiary/aromatic N) is 2. The van der Waals surface area contributed by atoms with Crippen LogP contribution in [-0.2, 0) is 4.79 Å². The monoisotopic (exact) mass is 377 g/mol. The number of hydrogen-bond acceptors (Lipinski definition) is 6. The molecular weight excluding hydrogens is 362 g/mol. The van der Waals surface area contributed by atoms with Gasteiger partial charge in [-0.25, -0.2) is 5.43 Å². The molecule has 0 saturated heterocycles. The van der Waals surface area contributed by atoms with E-state index < -0.39 is 22.3 Å². The van der Waals surface area contributed by atoms with Crippen molar-refractivity contribution in [2.45, 2.75) is 13.8 Å². The van der Waals surface area contributed by atoms with E-state index in [0.717, 1.165) is 23.4 Å². The standard InChI is InChI=1S/C17H16ClN3O5/c1-10-3-11(2)5-14(4-10)26-9-16(22)20-19-8-12-6-13(18)7-15(17(12)23)21(24)25/h3-8,23H,9H2,1-2H3,(H,20,22)/b19-8-. The van der Waals surface area contributed by atoms with Gasteiger partial charge in [-0.3, -0.25) is 14.9 Å². The van der Waals surface area contributed by atoms with Gasteiger partial charge in [-0.05, 0) is 43.2 Å². The van der Waals surface area contributed by atoms with Crippen LogP contribution in [0, 0.1) is 24.0 Å². The Morgan fingerprint density at radius 1 is 1.31 bits per heavy atom. The molecule has 26 heavy (non-hydrogen) atoms. The molecule has 0 unspecified atom stereocenters. The summed E-state index contributed by atoms with van der Waals surface area (Å²) in [5.41, 5.74) is 3.68. The number of ether oxygens (including phenoxy) is 1. The highest BCUT2D eigenvalue weighted by Gasteiger charge is 2.17. The van der Waals surface area contributed by atoms with Gasteiger partial charge in [-0.1, -0.05) is 17.7 Å². The summed E-state index contributed by atoms with van der Waals surface area (Å²) in [4.78, 5) is 21.8. The Bertz CT molecular complexity index is 863. The molecule has 2 N–H and O–H groups in total. The van der Waals surface area contributed by atoms with E-state index in [1.807, 2.05) is 19.9 Å². The highest BCUT2D eigenvalue weighted by molar-refractivity contribution is 6.31. The Hall–Kier alpha value is -3.13. The fourth-order valence-corrected chi connectivity index (χ4v) is 2.44. The molecule has 0 bridgehead atoms. The molecule has 136 valence electrons. The Balaban J connectivity index is 1.98. The predicted octanol–water partition coefficient (Wildman–Crippen LogP) is 3.10. The topological polar surface area (TPSA) is 114 Å². The van der Waals surface area contributed by atoms with Crippen LogP contribution in [0.2, 0.25) is 5.02 Å². The van der Waals surface area contributed by atoms with Crippen molar-refractivity contribution < 1.29 is 19.6 Å². The van der Waals surface area contributed by atoms with Crippen molar-refractivity contribution in [1.29, 1.82) is 0 Å². The fraction of sp³-hybridized carbons (Fsp3) is 0.176. The van der Waals surface area contributed by atoms with Gasteiger partial charge in [0.15, 0.2) is 6.61 Å².